The highest BCUT2D eigenvalue weighted by Crippen LogP contribution is 2.26. The van der Waals surface area contributed by atoms with Gasteiger partial charge in [0.2, 0.25) is 11.8 Å². The van der Waals surface area contributed by atoms with Gasteiger partial charge in [-0.2, -0.15) is 4.98 Å². The van der Waals surface area contributed by atoms with Gasteiger partial charge >= 0.3 is 12.1 Å². The van der Waals surface area contributed by atoms with Crippen LogP contribution in [0.3, 0.4) is 0 Å². The number of alkyl halides is 1. The van der Waals surface area contributed by atoms with Gasteiger partial charge in [0.1, 0.15) is 18.1 Å². The molecule has 1 aliphatic heterocycles. The Balaban J connectivity index is 1.38. The van der Waals surface area contributed by atoms with Gasteiger partial charge in [0.05, 0.1) is 18.4 Å². The molecular weight excluding hydrogens is 423 g/mol. The van der Waals surface area contributed by atoms with E-state index in [-0.39, 0.29) is 36.7 Å². The van der Waals surface area contributed by atoms with Crippen LogP contribution in [0.2, 0.25) is 0 Å². The van der Waals surface area contributed by atoms with Crippen LogP contribution in [0.4, 0.5) is 31.6 Å². The van der Waals surface area contributed by atoms with Crippen LogP contribution in [0.15, 0.2) is 24.7 Å². The summed E-state index contributed by atoms with van der Waals surface area (Å²) in [6.45, 7) is 0.471. The summed E-state index contributed by atoms with van der Waals surface area (Å²) < 4.78 is 20.2. The highest BCUT2D eigenvalue weighted by molar-refractivity contribution is 5.88. The van der Waals surface area contributed by atoms with Gasteiger partial charge in [-0.15, -0.1) is 0 Å². The second-order valence-electron chi connectivity index (χ2n) is 7.59. The van der Waals surface area contributed by atoms with Crippen LogP contribution >= 0.6 is 0 Å². The van der Waals surface area contributed by atoms with E-state index in [1.54, 1.807) is 4.90 Å². The molecule has 32 heavy (non-hydrogen) atoms. The molecule has 12 nitrogen and oxygen atoms in total. The minimum atomic E-state index is -1.25. The van der Waals surface area contributed by atoms with Gasteiger partial charge in [0.15, 0.2) is 5.82 Å². The van der Waals surface area contributed by atoms with Gasteiger partial charge in [-0.1, -0.05) is 0 Å². The van der Waals surface area contributed by atoms with Crippen molar-refractivity contribution in [2.24, 2.45) is 0 Å². The predicted octanol–water partition coefficient (Wildman–Crippen LogP) is 1.98. The van der Waals surface area contributed by atoms with E-state index in [0.29, 0.717) is 12.4 Å². The molecule has 0 spiro atoms. The zero-order chi connectivity index (χ0) is 22.7. The number of carbonyl (C=O) groups is 2. The molecule has 1 aliphatic carbocycles. The van der Waals surface area contributed by atoms with Crippen molar-refractivity contribution in [1.29, 1.82) is 0 Å². The summed E-state index contributed by atoms with van der Waals surface area (Å²) in [5.41, 5.74) is 0. The standard InChI is InChI=1S/C19H23FN8O4/c1-27(18(29)25-15-8-23-16(9-22-15)32-11-2-3-11)13-10-28(7-5-12(13)20)17-21-6-4-14(24-17)26-19(30)31/h4,6,8-9,11-13H,2-3,5,7,10H2,1H3,(H,30,31)(H,21,24,26)(H,22,25,29). The molecule has 2 unspecified atom stereocenters. The fourth-order valence-corrected chi connectivity index (χ4v) is 3.28. The molecular formula is C19H23FN8O4. The first-order chi connectivity index (χ1) is 15.4. The van der Waals surface area contributed by atoms with Crippen LogP contribution in [-0.2, 0) is 0 Å². The van der Waals surface area contributed by atoms with Crippen molar-refractivity contribution >= 4 is 29.7 Å². The van der Waals surface area contributed by atoms with Crippen LogP contribution in [0.1, 0.15) is 19.3 Å². The number of carbonyl (C=O) groups excluding carboxylic acids is 1. The SMILES string of the molecule is CN(C(=O)Nc1cnc(OC2CC2)cn1)C1CN(c2nccc(NC(=O)O)n2)CCC1F. The summed E-state index contributed by atoms with van der Waals surface area (Å²) in [5, 5.41) is 13.6. The minimum absolute atomic E-state index is 0.111. The molecule has 1 saturated carbocycles. The molecule has 2 aromatic heterocycles. The molecule has 2 atom stereocenters. The van der Waals surface area contributed by atoms with E-state index in [0.717, 1.165) is 12.8 Å². The highest BCUT2D eigenvalue weighted by atomic mass is 19.1. The Kier molecular flexibility index (Phi) is 6.14. The number of urea groups is 1. The van der Waals surface area contributed by atoms with Crippen molar-refractivity contribution in [3.8, 4) is 5.88 Å². The number of anilines is 3. The molecule has 0 aromatic carbocycles. The first-order valence-corrected chi connectivity index (χ1v) is 10.1. The molecule has 3 amide bonds. The maximum atomic E-state index is 14.7. The third-order valence-electron chi connectivity index (χ3n) is 5.15. The summed E-state index contributed by atoms with van der Waals surface area (Å²) >= 11 is 0. The Hall–Kier alpha value is -3.77. The number of amides is 3. The number of aromatic nitrogens is 4. The maximum absolute atomic E-state index is 14.7. The number of rotatable bonds is 6. The van der Waals surface area contributed by atoms with Gasteiger partial charge in [-0.25, -0.2) is 28.9 Å². The Bertz CT molecular complexity index is 974. The van der Waals surface area contributed by atoms with E-state index >= 15 is 0 Å². The lowest BCUT2D eigenvalue weighted by Gasteiger charge is -2.39. The minimum Gasteiger partial charge on any atom is -0.473 e. The van der Waals surface area contributed by atoms with Gasteiger partial charge in [0, 0.05) is 26.3 Å². The number of piperidine rings is 1. The molecule has 170 valence electrons. The fraction of sp³-hybridized carbons (Fsp3) is 0.474. The van der Waals surface area contributed by atoms with E-state index in [1.165, 1.54) is 36.6 Å². The largest absolute Gasteiger partial charge is 0.473 e. The second kappa shape index (κ2) is 9.16. The number of nitrogens with zero attached hydrogens (tertiary/aromatic N) is 6. The first kappa shape index (κ1) is 21.5. The van der Waals surface area contributed by atoms with E-state index in [4.69, 9.17) is 9.84 Å². The zero-order valence-corrected chi connectivity index (χ0v) is 17.3. The lowest BCUT2D eigenvalue weighted by Crippen LogP contribution is -2.55. The van der Waals surface area contributed by atoms with Gasteiger partial charge < -0.3 is 19.6 Å². The first-order valence-electron chi connectivity index (χ1n) is 10.1. The molecule has 3 N–H and O–H groups in total. The zero-order valence-electron chi connectivity index (χ0n) is 17.3. The summed E-state index contributed by atoms with van der Waals surface area (Å²) in [5.74, 6) is 0.980. The Morgan fingerprint density at radius 2 is 2.00 bits per heavy atom. The molecule has 1 saturated heterocycles. The normalized spacial score (nSPS) is 20.4. The van der Waals surface area contributed by atoms with E-state index in [9.17, 15) is 14.0 Å². The number of likely N-dealkylation sites (N-methyl/N-ethyl adjacent to an activating group) is 1. The lowest BCUT2D eigenvalue weighted by atomic mass is 10.0. The summed E-state index contributed by atoms with van der Waals surface area (Å²) in [6, 6.07) is 0.110. The van der Waals surface area contributed by atoms with Crippen LogP contribution in [0.25, 0.3) is 0 Å². The average molecular weight is 446 g/mol. The van der Waals surface area contributed by atoms with Crippen molar-refractivity contribution in [3.63, 3.8) is 0 Å². The number of hydrogen-bond donors (Lipinski definition) is 3. The van der Waals surface area contributed by atoms with Crippen molar-refractivity contribution in [2.75, 3.05) is 35.7 Å². The van der Waals surface area contributed by atoms with Crippen LogP contribution in [0.5, 0.6) is 5.88 Å². The number of hydrogen-bond acceptors (Lipinski definition) is 8. The smallest absolute Gasteiger partial charge is 0.410 e. The van der Waals surface area contributed by atoms with E-state index in [1.807, 2.05) is 0 Å². The third-order valence-corrected chi connectivity index (χ3v) is 5.15. The van der Waals surface area contributed by atoms with Crippen LogP contribution < -0.4 is 20.3 Å². The predicted molar refractivity (Wildman–Crippen MR) is 112 cm³/mol. The van der Waals surface area contributed by atoms with Gasteiger partial charge in [-0.05, 0) is 25.3 Å². The molecule has 3 heterocycles. The number of ether oxygens (including phenoxy) is 1. The molecule has 2 aromatic rings. The number of carboxylic acid groups (broad SMARTS) is 1. The second-order valence-corrected chi connectivity index (χ2v) is 7.59. The molecule has 0 bridgehead atoms. The molecule has 4 rings (SSSR count). The van der Waals surface area contributed by atoms with Crippen molar-refractivity contribution in [1.82, 2.24) is 24.8 Å². The van der Waals surface area contributed by atoms with Crippen molar-refractivity contribution in [3.05, 3.63) is 24.7 Å². The maximum Gasteiger partial charge on any atom is 0.410 e. The highest BCUT2D eigenvalue weighted by Gasteiger charge is 2.35. The quantitative estimate of drug-likeness (QED) is 0.606. The van der Waals surface area contributed by atoms with Crippen molar-refractivity contribution < 1.29 is 23.8 Å². The van der Waals surface area contributed by atoms with Gasteiger partial charge in [-0.3, -0.25) is 10.6 Å². The van der Waals surface area contributed by atoms with Crippen LogP contribution in [0, 0.1) is 0 Å². The number of halogens is 1. The topological polar surface area (TPSA) is 146 Å². The molecule has 13 heteroatoms. The Morgan fingerprint density at radius 3 is 2.69 bits per heavy atom. The van der Waals surface area contributed by atoms with Crippen molar-refractivity contribution in [2.45, 2.75) is 37.6 Å². The summed E-state index contributed by atoms with van der Waals surface area (Å²) in [6.07, 6.45) is 4.09. The lowest BCUT2D eigenvalue weighted by molar-refractivity contribution is 0.133. The molecule has 2 aliphatic rings. The summed E-state index contributed by atoms with van der Waals surface area (Å²) in [7, 11) is 1.50. The Labute approximate surface area is 182 Å². The number of nitrogens with one attached hydrogen (secondary N) is 2. The fourth-order valence-electron chi connectivity index (χ4n) is 3.28. The summed E-state index contributed by atoms with van der Waals surface area (Å²) in [4.78, 5) is 43.0. The molecule has 0 radical (unpaired) electrons. The third kappa shape index (κ3) is 5.28. The monoisotopic (exact) mass is 446 g/mol. The van der Waals surface area contributed by atoms with E-state index < -0.39 is 24.3 Å². The van der Waals surface area contributed by atoms with E-state index in [2.05, 4.69) is 30.6 Å². The average Bonchev–Trinajstić information content (AvgIpc) is 3.59. The molecule has 2 fully saturated rings. The Morgan fingerprint density at radius 1 is 1.19 bits per heavy atom. The van der Waals surface area contributed by atoms with Crippen LogP contribution in [-0.4, -0.2) is 80.5 Å². The van der Waals surface area contributed by atoms with Gasteiger partial charge in [0.25, 0.3) is 0 Å².